The van der Waals surface area contributed by atoms with Crippen LogP contribution in [0.2, 0.25) is 0 Å². The lowest BCUT2D eigenvalue weighted by Crippen LogP contribution is -2.37. The molecule has 0 aliphatic carbocycles. The van der Waals surface area contributed by atoms with E-state index in [9.17, 15) is 4.79 Å². The normalized spacial score (nSPS) is 20.4. The quantitative estimate of drug-likeness (QED) is 0.744. The molecule has 0 radical (unpaired) electrons. The van der Waals surface area contributed by atoms with Crippen LogP contribution in [0.25, 0.3) is 0 Å². The summed E-state index contributed by atoms with van der Waals surface area (Å²) in [7, 11) is 0. The highest BCUT2D eigenvalue weighted by molar-refractivity contribution is 7.98. The summed E-state index contributed by atoms with van der Waals surface area (Å²) >= 11 is 1.84. The Hall–Kier alpha value is -0.220. The van der Waals surface area contributed by atoms with Gasteiger partial charge in [-0.1, -0.05) is 0 Å². The third-order valence-electron chi connectivity index (χ3n) is 2.55. The molecule has 0 atom stereocenters. The Morgan fingerprint density at radius 1 is 1.54 bits per heavy atom. The number of nitrogens with zero attached hydrogens (tertiary/aromatic N) is 1. The van der Waals surface area contributed by atoms with E-state index in [1.807, 2.05) is 11.8 Å². The number of piperidine rings is 1. The van der Waals surface area contributed by atoms with E-state index < -0.39 is 5.97 Å². The first-order valence-electron chi connectivity index (χ1n) is 4.68. The van der Waals surface area contributed by atoms with E-state index in [0.717, 1.165) is 38.2 Å². The van der Waals surface area contributed by atoms with Gasteiger partial charge in [-0.3, -0.25) is 4.79 Å². The minimum atomic E-state index is -0.621. The highest BCUT2D eigenvalue weighted by Crippen LogP contribution is 2.17. The predicted molar refractivity (Wildman–Crippen MR) is 55.2 cm³/mol. The van der Waals surface area contributed by atoms with Crippen LogP contribution in [0, 0.1) is 5.92 Å². The molecular weight excluding hydrogens is 186 g/mol. The molecule has 0 aromatic heterocycles. The van der Waals surface area contributed by atoms with E-state index in [4.69, 9.17) is 5.11 Å². The fourth-order valence-corrected chi connectivity index (χ4v) is 2.06. The number of rotatable bonds is 4. The summed E-state index contributed by atoms with van der Waals surface area (Å²) in [6.45, 7) is 3.02. The van der Waals surface area contributed by atoms with Gasteiger partial charge >= 0.3 is 5.97 Å². The fourth-order valence-electron chi connectivity index (χ4n) is 1.62. The van der Waals surface area contributed by atoms with Gasteiger partial charge in [0.15, 0.2) is 0 Å². The largest absolute Gasteiger partial charge is 0.481 e. The molecule has 1 aliphatic heterocycles. The molecular formula is C9H17NO2S. The van der Waals surface area contributed by atoms with Gasteiger partial charge in [-0.15, -0.1) is 0 Å². The van der Waals surface area contributed by atoms with Crippen molar-refractivity contribution in [3.63, 3.8) is 0 Å². The average Bonchev–Trinajstić information content (AvgIpc) is 2.15. The molecule has 0 spiro atoms. The molecule has 1 fully saturated rings. The van der Waals surface area contributed by atoms with Crippen molar-refractivity contribution in [2.24, 2.45) is 5.92 Å². The first-order chi connectivity index (χ1) is 6.24. The third-order valence-corrected chi connectivity index (χ3v) is 3.14. The number of carboxylic acid groups (broad SMARTS) is 1. The van der Waals surface area contributed by atoms with E-state index in [0.29, 0.717) is 0 Å². The Morgan fingerprint density at radius 3 is 2.62 bits per heavy atom. The molecule has 1 rings (SSSR count). The molecule has 1 saturated heterocycles. The standard InChI is InChI=1S/C9H17NO2S/c1-13-7-6-10-4-2-8(3-5-10)9(11)12/h8H,2-7H2,1H3,(H,11,12). The molecule has 4 heteroatoms. The molecule has 0 bridgehead atoms. The maximum absolute atomic E-state index is 10.7. The Labute approximate surface area is 83.5 Å². The van der Waals surface area contributed by atoms with Crippen LogP contribution in [-0.4, -0.2) is 47.6 Å². The molecule has 0 aromatic carbocycles. The van der Waals surface area contributed by atoms with Crippen molar-refractivity contribution in [2.45, 2.75) is 12.8 Å². The molecule has 76 valence electrons. The molecule has 0 aromatic rings. The molecule has 3 nitrogen and oxygen atoms in total. The van der Waals surface area contributed by atoms with E-state index in [2.05, 4.69) is 11.2 Å². The van der Waals surface area contributed by atoms with Gasteiger partial charge in [0.05, 0.1) is 5.92 Å². The molecule has 1 aliphatic rings. The molecule has 1 N–H and O–H groups in total. The van der Waals surface area contributed by atoms with Gasteiger partial charge in [0.1, 0.15) is 0 Å². The van der Waals surface area contributed by atoms with Gasteiger partial charge in [-0.2, -0.15) is 11.8 Å². The number of hydrogen-bond donors (Lipinski definition) is 1. The van der Waals surface area contributed by atoms with Crippen LogP contribution in [0.5, 0.6) is 0 Å². The van der Waals surface area contributed by atoms with E-state index in [1.165, 1.54) is 0 Å². The summed E-state index contributed by atoms with van der Waals surface area (Å²) in [6.07, 6.45) is 3.75. The van der Waals surface area contributed by atoms with Crippen LogP contribution >= 0.6 is 11.8 Å². The van der Waals surface area contributed by atoms with Crippen molar-refractivity contribution in [1.82, 2.24) is 4.90 Å². The Balaban J connectivity index is 2.18. The SMILES string of the molecule is CSCCN1CCC(C(=O)O)CC1. The summed E-state index contributed by atoms with van der Waals surface area (Å²) in [6, 6.07) is 0. The van der Waals surface area contributed by atoms with Crippen LogP contribution in [0.4, 0.5) is 0 Å². The molecule has 0 saturated carbocycles. The maximum atomic E-state index is 10.7. The lowest BCUT2D eigenvalue weighted by Gasteiger charge is -2.29. The van der Waals surface area contributed by atoms with E-state index >= 15 is 0 Å². The van der Waals surface area contributed by atoms with Crippen LogP contribution < -0.4 is 0 Å². The fraction of sp³-hybridized carbons (Fsp3) is 0.889. The number of carboxylic acids is 1. The average molecular weight is 203 g/mol. The van der Waals surface area contributed by atoms with Crippen LogP contribution in [0.15, 0.2) is 0 Å². The van der Waals surface area contributed by atoms with Crippen molar-refractivity contribution in [3.8, 4) is 0 Å². The first kappa shape index (κ1) is 10.9. The summed E-state index contributed by atoms with van der Waals surface area (Å²) in [4.78, 5) is 13.0. The Kier molecular flexibility index (Phi) is 4.59. The van der Waals surface area contributed by atoms with Crippen molar-refractivity contribution in [3.05, 3.63) is 0 Å². The summed E-state index contributed by atoms with van der Waals surface area (Å²) < 4.78 is 0. The van der Waals surface area contributed by atoms with Gasteiger partial charge in [0.25, 0.3) is 0 Å². The highest BCUT2D eigenvalue weighted by atomic mass is 32.2. The number of hydrogen-bond acceptors (Lipinski definition) is 3. The summed E-state index contributed by atoms with van der Waals surface area (Å²) in [5, 5.41) is 8.78. The van der Waals surface area contributed by atoms with Crippen LogP contribution in [0.3, 0.4) is 0 Å². The monoisotopic (exact) mass is 203 g/mol. The smallest absolute Gasteiger partial charge is 0.306 e. The van der Waals surface area contributed by atoms with E-state index in [1.54, 1.807) is 0 Å². The highest BCUT2D eigenvalue weighted by Gasteiger charge is 2.23. The van der Waals surface area contributed by atoms with E-state index in [-0.39, 0.29) is 5.92 Å². The van der Waals surface area contributed by atoms with Gasteiger partial charge in [0, 0.05) is 12.3 Å². The third kappa shape index (κ3) is 3.56. The second-order valence-corrected chi connectivity index (χ2v) is 4.43. The molecule has 0 unspecified atom stereocenters. The minimum absolute atomic E-state index is 0.0921. The van der Waals surface area contributed by atoms with Gasteiger partial charge in [0.2, 0.25) is 0 Å². The second-order valence-electron chi connectivity index (χ2n) is 3.45. The van der Waals surface area contributed by atoms with Crippen molar-refractivity contribution in [1.29, 1.82) is 0 Å². The van der Waals surface area contributed by atoms with Gasteiger partial charge in [-0.05, 0) is 32.2 Å². The Bertz CT molecular complexity index is 167. The molecule has 1 heterocycles. The minimum Gasteiger partial charge on any atom is -0.481 e. The molecule has 0 amide bonds. The predicted octanol–water partition coefficient (Wildman–Crippen LogP) is 1.15. The van der Waals surface area contributed by atoms with Crippen LogP contribution in [0.1, 0.15) is 12.8 Å². The zero-order valence-corrected chi connectivity index (χ0v) is 8.85. The Morgan fingerprint density at radius 2 is 2.15 bits per heavy atom. The van der Waals surface area contributed by atoms with Crippen molar-refractivity contribution >= 4 is 17.7 Å². The first-order valence-corrected chi connectivity index (χ1v) is 6.07. The number of thioether (sulfide) groups is 1. The number of likely N-dealkylation sites (tertiary alicyclic amines) is 1. The molecule has 13 heavy (non-hydrogen) atoms. The number of carbonyl (C=O) groups is 1. The zero-order chi connectivity index (χ0) is 9.68. The van der Waals surface area contributed by atoms with Crippen molar-refractivity contribution in [2.75, 3.05) is 31.6 Å². The topological polar surface area (TPSA) is 40.5 Å². The second kappa shape index (κ2) is 5.50. The van der Waals surface area contributed by atoms with Gasteiger partial charge in [-0.25, -0.2) is 0 Å². The lowest BCUT2D eigenvalue weighted by molar-refractivity contribution is -0.143. The zero-order valence-electron chi connectivity index (χ0n) is 8.03. The van der Waals surface area contributed by atoms with Crippen LogP contribution in [-0.2, 0) is 4.79 Å². The maximum Gasteiger partial charge on any atom is 0.306 e. The number of aliphatic carboxylic acids is 1. The van der Waals surface area contributed by atoms with Crippen molar-refractivity contribution < 1.29 is 9.90 Å². The van der Waals surface area contributed by atoms with Gasteiger partial charge < -0.3 is 10.0 Å². The summed E-state index contributed by atoms with van der Waals surface area (Å²) in [5.74, 6) is 0.438. The lowest BCUT2D eigenvalue weighted by atomic mass is 9.97. The summed E-state index contributed by atoms with van der Waals surface area (Å²) in [5.41, 5.74) is 0.